The lowest BCUT2D eigenvalue weighted by Crippen LogP contribution is -2.45. The quantitative estimate of drug-likeness (QED) is 0.778. The minimum atomic E-state index is -0.825. The fraction of sp³-hybridized carbons (Fsp3) is 0.867. The topological polar surface area (TPSA) is 66.8 Å². The highest BCUT2D eigenvalue weighted by molar-refractivity contribution is 7.99. The van der Waals surface area contributed by atoms with E-state index in [1.54, 1.807) is 7.11 Å². The molecule has 1 aliphatic carbocycles. The van der Waals surface area contributed by atoms with Gasteiger partial charge >= 0.3 is 5.97 Å². The van der Waals surface area contributed by atoms with Crippen molar-refractivity contribution in [3.63, 3.8) is 0 Å². The first-order valence-electron chi connectivity index (χ1n) is 7.68. The first-order chi connectivity index (χ1) is 10.1. The van der Waals surface area contributed by atoms with E-state index in [0.29, 0.717) is 26.0 Å². The van der Waals surface area contributed by atoms with Crippen LogP contribution in [-0.2, 0) is 14.3 Å². The molecule has 2 aliphatic rings. The summed E-state index contributed by atoms with van der Waals surface area (Å²) < 4.78 is 5.11. The third-order valence-corrected chi connectivity index (χ3v) is 5.85. The van der Waals surface area contributed by atoms with Crippen molar-refractivity contribution in [3.05, 3.63) is 0 Å². The van der Waals surface area contributed by atoms with Crippen LogP contribution in [0.25, 0.3) is 0 Å². The molecule has 1 aliphatic heterocycles. The molecule has 1 atom stereocenters. The van der Waals surface area contributed by atoms with Crippen molar-refractivity contribution < 1.29 is 19.4 Å². The largest absolute Gasteiger partial charge is 0.481 e. The SMILES string of the molecule is COCCN(C(=O)CC1(C(=O)O)CCCC1)C1CCSC1. The van der Waals surface area contributed by atoms with E-state index in [1.807, 2.05) is 16.7 Å². The maximum Gasteiger partial charge on any atom is 0.310 e. The zero-order valence-electron chi connectivity index (χ0n) is 12.7. The number of thioether (sulfide) groups is 1. The standard InChI is InChI=1S/C15H25NO4S/c1-20-8-7-16(12-4-9-21-11-12)13(17)10-15(14(18)19)5-2-3-6-15/h12H,2-11H2,1H3,(H,18,19). The van der Waals surface area contributed by atoms with Gasteiger partial charge in [-0.25, -0.2) is 0 Å². The molecule has 0 radical (unpaired) electrons. The Morgan fingerprint density at radius 3 is 2.62 bits per heavy atom. The predicted octanol–water partition coefficient (Wildman–Crippen LogP) is 2.00. The summed E-state index contributed by atoms with van der Waals surface area (Å²) in [4.78, 5) is 26.2. The van der Waals surface area contributed by atoms with E-state index in [9.17, 15) is 14.7 Å². The summed E-state index contributed by atoms with van der Waals surface area (Å²) in [7, 11) is 1.63. The third kappa shape index (κ3) is 3.92. The Morgan fingerprint density at radius 1 is 1.38 bits per heavy atom. The van der Waals surface area contributed by atoms with Gasteiger partial charge < -0.3 is 14.7 Å². The van der Waals surface area contributed by atoms with Crippen LogP contribution in [0.1, 0.15) is 38.5 Å². The van der Waals surface area contributed by atoms with Crippen molar-refractivity contribution in [2.45, 2.75) is 44.6 Å². The molecular formula is C15H25NO4S. The van der Waals surface area contributed by atoms with Crippen LogP contribution in [0.4, 0.5) is 0 Å². The van der Waals surface area contributed by atoms with Crippen molar-refractivity contribution in [1.29, 1.82) is 0 Å². The number of hydrogen-bond acceptors (Lipinski definition) is 4. The summed E-state index contributed by atoms with van der Waals surface area (Å²) in [6, 6.07) is 0.241. The fourth-order valence-electron chi connectivity index (χ4n) is 3.38. The molecule has 5 nitrogen and oxygen atoms in total. The first-order valence-corrected chi connectivity index (χ1v) is 8.84. The van der Waals surface area contributed by atoms with Crippen LogP contribution in [0, 0.1) is 5.41 Å². The molecule has 2 fully saturated rings. The van der Waals surface area contributed by atoms with E-state index >= 15 is 0 Å². The smallest absolute Gasteiger partial charge is 0.310 e. The lowest BCUT2D eigenvalue weighted by molar-refractivity contribution is -0.154. The molecule has 2 rings (SSSR count). The fourth-order valence-corrected chi connectivity index (χ4v) is 4.60. The second-order valence-electron chi connectivity index (χ2n) is 6.07. The number of amides is 1. The van der Waals surface area contributed by atoms with Crippen molar-refractivity contribution in [2.24, 2.45) is 5.41 Å². The lowest BCUT2D eigenvalue weighted by Gasteiger charge is -2.32. The van der Waals surface area contributed by atoms with Gasteiger partial charge in [-0.2, -0.15) is 11.8 Å². The van der Waals surface area contributed by atoms with Gasteiger partial charge in [-0.3, -0.25) is 9.59 Å². The second kappa shape index (κ2) is 7.49. The average molecular weight is 315 g/mol. The molecule has 0 aromatic rings. The number of methoxy groups -OCH3 is 1. The monoisotopic (exact) mass is 315 g/mol. The average Bonchev–Trinajstić information content (AvgIpc) is 3.11. The molecule has 0 aromatic heterocycles. The van der Waals surface area contributed by atoms with Crippen LogP contribution in [0.3, 0.4) is 0 Å². The Kier molecular flexibility index (Phi) is 5.93. The first kappa shape index (κ1) is 16.6. The molecule has 1 heterocycles. The van der Waals surface area contributed by atoms with E-state index in [4.69, 9.17) is 4.74 Å². The van der Waals surface area contributed by atoms with Gasteiger partial charge in [0.25, 0.3) is 0 Å². The van der Waals surface area contributed by atoms with Crippen LogP contribution in [0.2, 0.25) is 0 Å². The molecule has 0 spiro atoms. The number of carboxylic acid groups (broad SMARTS) is 1. The Bertz CT molecular complexity index is 376. The van der Waals surface area contributed by atoms with Crippen LogP contribution in [0.15, 0.2) is 0 Å². The number of rotatable bonds is 7. The molecule has 0 aromatic carbocycles. The molecular weight excluding hydrogens is 290 g/mol. The van der Waals surface area contributed by atoms with Crippen molar-refractivity contribution in [3.8, 4) is 0 Å². The van der Waals surface area contributed by atoms with Crippen molar-refractivity contribution in [1.82, 2.24) is 4.90 Å². The van der Waals surface area contributed by atoms with E-state index < -0.39 is 11.4 Å². The maximum atomic E-state index is 12.7. The van der Waals surface area contributed by atoms with E-state index in [-0.39, 0.29) is 18.4 Å². The number of ether oxygens (including phenoxy) is 1. The van der Waals surface area contributed by atoms with Crippen molar-refractivity contribution in [2.75, 3.05) is 31.8 Å². The molecule has 0 bridgehead atoms. The molecule has 1 saturated carbocycles. The van der Waals surface area contributed by atoms with Gasteiger partial charge in [-0.1, -0.05) is 12.8 Å². The Hall–Kier alpha value is -0.750. The third-order valence-electron chi connectivity index (χ3n) is 4.71. The lowest BCUT2D eigenvalue weighted by atomic mass is 9.82. The molecule has 1 unspecified atom stereocenters. The van der Waals surface area contributed by atoms with E-state index in [1.165, 1.54) is 0 Å². The van der Waals surface area contributed by atoms with Crippen molar-refractivity contribution >= 4 is 23.6 Å². The van der Waals surface area contributed by atoms with Crippen LogP contribution >= 0.6 is 11.8 Å². The molecule has 1 saturated heterocycles. The number of carboxylic acids is 1. The van der Waals surface area contributed by atoms with Crippen LogP contribution < -0.4 is 0 Å². The summed E-state index contributed by atoms with van der Waals surface area (Å²) >= 11 is 1.86. The summed E-state index contributed by atoms with van der Waals surface area (Å²) in [5.41, 5.74) is -0.825. The second-order valence-corrected chi connectivity index (χ2v) is 7.22. The highest BCUT2D eigenvalue weighted by atomic mass is 32.2. The predicted molar refractivity (Wildman–Crippen MR) is 82.5 cm³/mol. The zero-order chi connectivity index (χ0) is 15.3. The summed E-state index contributed by atoms with van der Waals surface area (Å²) in [6.45, 7) is 1.07. The molecule has 120 valence electrons. The number of carbonyl (C=O) groups is 2. The van der Waals surface area contributed by atoms with Gasteiger partial charge in [0.05, 0.1) is 12.0 Å². The molecule has 1 amide bonds. The Morgan fingerprint density at radius 2 is 2.10 bits per heavy atom. The normalized spacial score (nSPS) is 24.1. The van der Waals surface area contributed by atoms with Gasteiger partial charge in [0, 0.05) is 31.9 Å². The van der Waals surface area contributed by atoms with Gasteiger partial charge in [0.1, 0.15) is 0 Å². The van der Waals surface area contributed by atoms with Crippen LogP contribution in [0.5, 0.6) is 0 Å². The zero-order valence-corrected chi connectivity index (χ0v) is 13.5. The summed E-state index contributed by atoms with van der Waals surface area (Å²) in [5.74, 6) is 1.21. The number of aliphatic carboxylic acids is 1. The Balaban J connectivity index is 2.04. The minimum Gasteiger partial charge on any atom is -0.481 e. The highest BCUT2D eigenvalue weighted by Gasteiger charge is 2.44. The summed E-state index contributed by atoms with van der Waals surface area (Å²) in [6.07, 6.45) is 4.23. The highest BCUT2D eigenvalue weighted by Crippen LogP contribution is 2.42. The van der Waals surface area contributed by atoms with Crippen LogP contribution in [-0.4, -0.2) is 59.7 Å². The minimum absolute atomic E-state index is 0.0103. The number of hydrogen-bond donors (Lipinski definition) is 1. The number of carbonyl (C=O) groups excluding carboxylic acids is 1. The van der Waals surface area contributed by atoms with E-state index in [2.05, 4.69) is 0 Å². The summed E-state index contributed by atoms with van der Waals surface area (Å²) in [5, 5.41) is 9.54. The molecule has 6 heteroatoms. The molecule has 1 N–H and O–H groups in total. The van der Waals surface area contributed by atoms with Gasteiger partial charge in [-0.05, 0) is 25.0 Å². The van der Waals surface area contributed by atoms with Gasteiger partial charge in [-0.15, -0.1) is 0 Å². The van der Waals surface area contributed by atoms with Gasteiger partial charge in [0.2, 0.25) is 5.91 Å². The Labute approximate surface area is 130 Å². The molecule has 21 heavy (non-hydrogen) atoms. The van der Waals surface area contributed by atoms with E-state index in [0.717, 1.165) is 30.8 Å². The number of nitrogens with zero attached hydrogens (tertiary/aromatic N) is 1. The maximum absolute atomic E-state index is 12.7. The van der Waals surface area contributed by atoms with Gasteiger partial charge in [0.15, 0.2) is 0 Å².